The van der Waals surface area contributed by atoms with Crippen molar-refractivity contribution < 1.29 is 18.0 Å². The van der Waals surface area contributed by atoms with Gasteiger partial charge in [-0.15, -0.1) is 11.8 Å². The van der Waals surface area contributed by atoms with Gasteiger partial charge in [0.1, 0.15) is 17.2 Å². The van der Waals surface area contributed by atoms with E-state index in [-0.39, 0.29) is 34.7 Å². The molecule has 2 heterocycles. The zero-order valence-corrected chi connectivity index (χ0v) is 17.0. The summed E-state index contributed by atoms with van der Waals surface area (Å²) in [6.07, 6.45) is 3.25. The molecule has 0 fully saturated rings. The van der Waals surface area contributed by atoms with Gasteiger partial charge in [0.2, 0.25) is 5.91 Å². The van der Waals surface area contributed by atoms with Crippen molar-refractivity contribution in [2.75, 3.05) is 10.7 Å². The number of benzene rings is 2. The van der Waals surface area contributed by atoms with Crippen molar-refractivity contribution in [3.8, 4) is 0 Å². The van der Waals surface area contributed by atoms with E-state index in [0.717, 1.165) is 27.9 Å². The summed E-state index contributed by atoms with van der Waals surface area (Å²) >= 11 is 2.29. The van der Waals surface area contributed by atoms with E-state index in [2.05, 4.69) is 9.97 Å². The second-order valence-corrected chi connectivity index (χ2v) is 8.37. The Balaban J connectivity index is 1.63. The zero-order valence-electron chi connectivity index (χ0n) is 15.4. The van der Waals surface area contributed by atoms with Crippen molar-refractivity contribution in [3.05, 3.63) is 83.9 Å². The third-order valence-electron chi connectivity index (χ3n) is 4.17. The average molecular weight is 445 g/mol. The molecule has 4 nitrogen and oxygen atoms in total. The van der Waals surface area contributed by atoms with Crippen molar-refractivity contribution in [1.82, 2.24) is 9.97 Å². The number of hydrogen-bond donors (Lipinski definition) is 0. The van der Waals surface area contributed by atoms with Gasteiger partial charge in [0.05, 0.1) is 17.0 Å². The van der Waals surface area contributed by atoms with Crippen LogP contribution in [0.15, 0.2) is 65.8 Å². The molecule has 152 valence electrons. The molecule has 0 aliphatic heterocycles. The first-order chi connectivity index (χ1) is 14.5. The lowest BCUT2D eigenvalue weighted by molar-refractivity contribution is -0.116. The number of rotatable bonds is 6. The fourth-order valence-electron chi connectivity index (χ4n) is 2.75. The average Bonchev–Trinajstić information content (AvgIpc) is 3.16. The van der Waals surface area contributed by atoms with Crippen LogP contribution in [-0.4, -0.2) is 21.6 Å². The molecule has 9 heteroatoms. The van der Waals surface area contributed by atoms with Crippen LogP contribution in [0.4, 0.5) is 18.3 Å². The molecule has 1 amide bonds. The Morgan fingerprint density at radius 2 is 1.87 bits per heavy atom. The first kappa shape index (κ1) is 20.4. The van der Waals surface area contributed by atoms with Gasteiger partial charge in [0.15, 0.2) is 10.9 Å². The third kappa shape index (κ3) is 4.63. The quantitative estimate of drug-likeness (QED) is 0.371. The Bertz CT molecular complexity index is 1180. The highest BCUT2D eigenvalue weighted by molar-refractivity contribution is 8.00. The van der Waals surface area contributed by atoms with Crippen molar-refractivity contribution in [2.24, 2.45) is 0 Å². The molecular weight excluding hydrogens is 431 g/mol. The van der Waals surface area contributed by atoms with E-state index in [0.29, 0.717) is 4.70 Å². The van der Waals surface area contributed by atoms with Crippen molar-refractivity contribution >= 4 is 44.4 Å². The molecule has 0 aliphatic carbocycles. The number of hydrogen-bond acceptors (Lipinski definition) is 5. The van der Waals surface area contributed by atoms with Crippen LogP contribution in [0.25, 0.3) is 10.2 Å². The summed E-state index contributed by atoms with van der Waals surface area (Å²) in [5.74, 6) is -2.03. The van der Waals surface area contributed by atoms with E-state index in [1.54, 1.807) is 30.6 Å². The number of aromatic nitrogens is 2. The van der Waals surface area contributed by atoms with Crippen molar-refractivity contribution in [1.29, 1.82) is 0 Å². The van der Waals surface area contributed by atoms with E-state index >= 15 is 0 Å². The van der Waals surface area contributed by atoms with E-state index in [9.17, 15) is 18.0 Å². The molecule has 0 spiro atoms. The summed E-state index contributed by atoms with van der Waals surface area (Å²) < 4.78 is 41.1. The lowest BCUT2D eigenvalue weighted by atomic mass is 10.2. The van der Waals surface area contributed by atoms with Crippen molar-refractivity contribution in [2.45, 2.75) is 11.4 Å². The van der Waals surface area contributed by atoms with Gasteiger partial charge in [-0.25, -0.2) is 18.2 Å². The van der Waals surface area contributed by atoms with Crippen LogP contribution in [0, 0.1) is 17.5 Å². The first-order valence-electron chi connectivity index (χ1n) is 8.83. The molecule has 2 aromatic heterocycles. The molecule has 0 atom stereocenters. The number of fused-ring (bicyclic) bond motifs is 1. The highest BCUT2D eigenvalue weighted by atomic mass is 32.2. The van der Waals surface area contributed by atoms with Gasteiger partial charge in [-0.1, -0.05) is 17.4 Å². The molecule has 0 saturated carbocycles. The summed E-state index contributed by atoms with van der Waals surface area (Å²) in [5, 5.41) is 0.267. The third-order valence-corrected chi connectivity index (χ3v) is 6.20. The van der Waals surface area contributed by atoms with E-state index in [1.807, 2.05) is 6.07 Å². The first-order valence-corrected chi connectivity index (χ1v) is 10.6. The summed E-state index contributed by atoms with van der Waals surface area (Å²) in [6.45, 7) is 0.181. The summed E-state index contributed by atoms with van der Waals surface area (Å²) in [5.41, 5.74) is 0.787. The second kappa shape index (κ2) is 8.85. The van der Waals surface area contributed by atoms with Gasteiger partial charge in [0.25, 0.3) is 0 Å². The molecule has 2 aromatic carbocycles. The summed E-state index contributed by atoms with van der Waals surface area (Å²) in [7, 11) is 0. The van der Waals surface area contributed by atoms with Crippen LogP contribution in [0.3, 0.4) is 0 Å². The molecule has 0 saturated heterocycles. The number of halogens is 3. The predicted octanol–water partition coefficient (Wildman–Crippen LogP) is 5.43. The van der Waals surface area contributed by atoms with Gasteiger partial charge in [-0.05, 0) is 42.0 Å². The van der Waals surface area contributed by atoms with E-state index in [1.165, 1.54) is 34.9 Å². The molecule has 30 heavy (non-hydrogen) atoms. The van der Waals surface area contributed by atoms with E-state index < -0.39 is 11.6 Å². The van der Waals surface area contributed by atoms with Crippen LogP contribution in [-0.2, 0) is 11.3 Å². The highest BCUT2D eigenvalue weighted by Gasteiger charge is 2.22. The number of pyridine rings is 1. The Kier molecular flexibility index (Phi) is 6.01. The number of anilines is 1. The molecule has 0 radical (unpaired) electrons. The minimum absolute atomic E-state index is 0.0200. The maximum atomic E-state index is 14.1. The number of amides is 1. The highest BCUT2D eigenvalue weighted by Crippen LogP contribution is 2.32. The smallest absolute Gasteiger partial charge is 0.239 e. The Labute approximate surface area is 178 Å². The maximum Gasteiger partial charge on any atom is 0.239 e. The van der Waals surface area contributed by atoms with Crippen LogP contribution in [0.1, 0.15) is 5.56 Å². The second-order valence-electron chi connectivity index (χ2n) is 6.31. The molecule has 0 bridgehead atoms. The SMILES string of the molecule is O=C(CSc1ccc(F)cc1)N(Cc1cccnc1)c1nc2c(F)cc(F)cc2s1. The standard InChI is InChI=1S/C21H14F3N3OS2/c22-14-3-5-16(6-4-14)29-12-19(28)27(11-13-2-1-7-25-10-13)21-26-20-17(24)8-15(23)9-18(20)30-21/h1-10H,11-12H2. The molecule has 0 N–H and O–H groups in total. The molecule has 4 rings (SSSR count). The molecule has 0 aliphatic rings. The fraction of sp³-hybridized carbons (Fsp3) is 0.0952. The van der Waals surface area contributed by atoms with E-state index in [4.69, 9.17) is 0 Å². The summed E-state index contributed by atoms with van der Waals surface area (Å²) in [4.78, 5) is 23.5. The number of carbonyl (C=O) groups excluding carboxylic acids is 1. The van der Waals surface area contributed by atoms with Crippen LogP contribution >= 0.6 is 23.1 Å². The molecular formula is C21H14F3N3OS2. The van der Waals surface area contributed by atoms with Crippen molar-refractivity contribution in [3.63, 3.8) is 0 Å². The fourth-order valence-corrected chi connectivity index (χ4v) is 4.55. The van der Waals surface area contributed by atoms with Gasteiger partial charge in [0, 0.05) is 23.4 Å². The molecule has 0 unspecified atom stereocenters. The van der Waals surface area contributed by atoms with Crippen LogP contribution < -0.4 is 4.90 Å². The normalized spacial score (nSPS) is 11.0. The Morgan fingerprint density at radius 3 is 2.60 bits per heavy atom. The minimum atomic E-state index is -0.776. The van der Waals surface area contributed by atoms with Gasteiger partial charge in [-0.3, -0.25) is 14.7 Å². The van der Waals surface area contributed by atoms with Gasteiger partial charge >= 0.3 is 0 Å². The zero-order chi connectivity index (χ0) is 21.1. The minimum Gasteiger partial charge on any atom is -0.283 e. The Morgan fingerprint density at radius 1 is 1.07 bits per heavy atom. The number of nitrogens with zero attached hydrogens (tertiary/aromatic N) is 3. The summed E-state index contributed by atoms with van der Waals surface area (Å²) in [6, 6.07) is 11.4. The lowest BCUT2D eigenvalue weighted by Crippen LogP contribution is -2.31. The maximum absolute atomic E-state index is 14.1. The Hall–Kier alpha value is -2.91. The number of carbonyl (C=O) groups is 1. The van der Waals surface area contributed by atoms with Gasteiger partial charge in [-0.2, -0.15) is 0 Å². The van der Waals surface area contributed by atoms with Gasteiger partial charge < -0.3 is 0 Å². The topological polar surface area (TPSA) is 46.1 Å². The largest absolute Gasteiger partial charge is 0.283 e. The number of thioether (sulfide) groups is 1. The monoisotopic (exact) mass is 445 g/mol. The number of thiazole rings is 1. The van der Waals surface area contributed by atoms with Crippen LogP contribution in [0.5, 0.6) is 0 Å². The lowest BCUT2D eigenvalue weighted by Gasteiger charge is -2.19. The molecule has 4 aromatic rings. The van der Waals surface area contributed by atoms with Crippen LogP contribution in [0.2, 0.25) is 0 Å². The predicted molar refractivity (Wildman–Crippen MR) is 112 cm³/mol.